The number of ether oxygens (including phenoxy) is 1. The molecule has 122 valence electrons. The number of aromatic amines is 1. The van der Waals surface area contributed by atoms with Gasteiger partial charge >= 0.3 is 5.97 Å². The molecule has 0 spiro atoms. The van der Waals surface area contributed by atoms with Crippen LogP contribution in [0.15, 0.2) is 47.3 Å². The van der Waals surface area contributed by atoms with E-state index in [-0.39, 0.29) is 22.7 Å². The van der Waals surface area contributed by atoms with Gasteiger partial charge in [0.05, 0.1) is 10.9 Å². The Labute approximate surface area is 137 Å². The first-order chi connectivity index (χ1) is 11.5. The van der Waals surface area contributed by atoms with Crippen LogP contribution in [0.5, 0.6) is 5.75 Å². The molecule has 3 rings (SSSR count). The lowest BCUT2D eigenvalue weighted by molar-refractivity contribution is 0.0316. The Balaban J connectivity index is 1.90. The third kappa shape index (κ3) is 2.86. The van der Waals surface area contributed by atoms with E-state index in [4.69, 9.17) is 4.74 Å². The Morgan fingerprint density at radius 2 is 1.96 bits per heavy atom. The number of phenolic OH excluding ortho intramolecular Hbond substituents is 1. The van der Waals surface area contributed by atoms with E-state index < -0.39 is 12.1 Å². The third-order valence-corrected chi connectivity index (χ3v) is 3.76. The fourth-order valence-corrected chi connectivity index (χ4v) is 2.40. The van der Waals surface area contributed by atoms with Crippen molar-refractivity contribution in [2.45, 2.75) is 20.0 Å². The van der Waals surface area contributed by atoms with Crippen LogP contribution in [0, 0.1) is 6.92 Å². The number of nitrogens with one attached hydrogen (secondary N) is 1. The molecule has 2 aromatic carbocycles. The van der Waals surface area contributed by atoms with E-state index in [0.717, 1.165) is 0 Å². The highest BCUT2D eigenvalue weighted by atomic mass is 16.5. The van der Waals surface area contributed by atoms with Gasteiger partial charge < -0.3 is 14.8 Å². The van der Waals surface area contributed by atoms with E-state index in [9.17, 15) is 14.7 Å². The summed E-state index contributed by atoms with van der Waals surface area (Å²) in [5.41, 5.74) is 0.883. The molecule has 0 bridgehead atoms. The van der Waals surface area contributed by atoms with Crippen LogP contribution >= 0.6 is 0 Å². The van der Waals surface area contributed by atoms with E-state index >= 15 is 0 Å². The largest absolute Gasteiger partial charge is 0.507 e. The summed E-state index contributed by atoms with van der Waals surface area (Å²) in [6, 6.07) is 11.8. The molecule has 0 fully saturated rings. The maximum atomic E-state index is 12.2. The molecule has 0 saturated heterocycles. The fourth-order valence-electron chi connectivity index (χ4n) is 2.40. The molecular weight excluding hydrogens is 308 g/mol. The molecule has 0 radical (unpaired) electrons. The first kappa shape index (κ1) is 15.7. The van der Waals surface area contributed by atoms with Gasteiger partial charge in [0, 0.05) is 0 Å². The van der Waals surface area contributed by atoms with Crippen LogP contribution in [0.1, 0.15) is 34.8 Å². The van der Waals surface area contributed by atoms with Crippen LogP contribution in [0.2, 0.25) is 0 Å². The molecule has 24 heavy (non-hydrogen) atoms. The topological polar surface area (TPSA) is 92.3 Å². The van der Waals surface area contributed by atoms with Gasteiger partial charge in [0.1, 0.15) is 11.3 Å². The maximum absolute atomic E-state index is 12.2. The van der Waals surface area contributed by atoms with E-state index in [2.05, 4.69) is 9.97 Å². The van der Waals surface area contributed by atoms with Crippen LogP contribution in [-0.2, 0) is 4.74 Å². The van der Waals surface area contributed by atoms with Gasteiger partial charge in [0.25, 0.3) is 5.56 Å². The zero-order valence-electron chi connectivity index (χ0n) is 13.2. The van der Waals surface area contributed by atoms with E-state index in [0.29, 0.717) is 16.5 Å². The van der Waals surface area contributed by atoms with E-state index in [1.807, 2.05) is 0 Å². The van der Waals surface area contributed by atoms with Crippen molar-refractivity contribution in [2.24, 2.45) is 0 Å². The van der Waals surface area contributed by atoms with Gasteiger partial charge in [-0.25, -0.2) is 9.78 Å². The van der Waals surface area contributed by atoms with Crippen molar-refractivity contribution in [3.05, 3.63) is 69.8 Å². The molecule has 0 aliphatic heterocycles. The summed E-state index contributed by atoms with van der Waals surface area (Å²) in [5.74, 6) is -0.548. The summed E-state index contributed by atoms with van der Waals surface area (Å²) in [6.07, 6.45) is -0.769. The number of carbonyl (C=O) groups excluding carboxylic acids is 1. The second kappa shape index (κ2) is 6.16. The van der Waals surface area contributed by atoms with E-state index in [1.165, 1.54) is 6.07 Å². The van der Waals surface area contributed by atoms with Crippen LogP contribution < -0.4 is 5.56 Å². The highest BCUT2D eigenvalue weighted by Crippen LogP contribution is 2.24. The molecule has 1 aromatic heterocycles. The van der Waals surface area contributed by atoms with Gasteiger partial charge in [-0.15, -0.1) is 0 Å². The van der Waals surface area contributed by atoms with Crippen LogP contribution in [0.3, 0.4) is 0 Å². The molecule has 0 amide bonds. The summed E-state index contributed by atoms with van der Waals surface area (Å²) in [5, 5.41) is 10.4. The number of para-hydroxylation sites is 2. The summed E-state index contributed by atoms with van der Waals surface area (Å²) in [4.78, 5) is 31.3. The Morgan fingerprint density at radius 1 is 1.21 bits per heavy atom. The summed E-state index contributed by atoms with van der Waals surface area (Å²) >= 11 is 0. The second-order valence-corrected chi connectivity index (χ2v) is 5.49. The van der Waals surface area contributed by atoms with Gasteiger partial charge in [-0.1, -0.05) is 24.3 Å². The number of esters is 1. The number of H-pyrrole nitrogens is 1. The number of aryl methyl sites for hydroxylation is 1. The fraction of sp³-hybridized carbons (Fsp3) is 0.167. The molecule has 1 atom stereocenters. The van der Waals surface area contributed by atoms with Crippen molar-refractivity contribution in [3.8, 4) is 5.75 Å². The number of carbonyl (C=O) groups is 1. The minimum absolute atomic E-state index is 0.0741. The van der Waals surface area contributed by atoms with Crippen molar-refractivity contribution < 1.29 is 14.6 Å². The molecule has 6 heteroatoms. The monoisotopic (exact) mass is 324 g/mol. The quantitative estimate of drug-likeness (QED) is 0.723. The predicted octanol–water partition coefficient (Wildman–Crippen LogP) is 2.86. The van der Waals surface area contributed by atoms with E-state index in [1.54, 1.807) is 50.2 Å². The van der Waals surface area contributed by atoms with Crippen LogP contribution in [0.25, 0.3) is 10.9 Å². The Hall–Kier alpha value is -3.15. The van der Waals surface area contributed by atoms with Gasteiger partial charge in [-0.3, -0.25) is 4.79 Å². The molecule has 0 aliphatic carbocycles. The number of nitrogens with zero attached hydrogens (tertiary/aromatic N) is 1. The molecule has 3 aromatic rings. The van der Waals surface area contributed by atoms with Crippen molar-refractivity contribution in [3.63, 3.8) is 0 Å². The minimum atomic E-state index is -0.769. The Morgan fingerprint density at radius 3 is 2.75 bits per heavy atom. The number of fused-ring (bicyclic) bond motifs is 1. The molecule has 2 N–H and O–H groups in total. The van der Waals surface area contributed by atoms with Crippen LogP contribution in [0.4, 0.5) is 0 Å². The number of phenols is 1. The lowest BCUT2D eigenvalue weighted by Gasteiger charge is -2.14. The number of aromatic nitrogens is 2. The zero-order valence-corrected chi connectivity index (χ0v) is 13.2. The molecule has 0 saturated carbocycles. The normalized spacial score (nSPS) is 12.1. The minimum Gasteiger partial charge on any atom is -0.507 e. The van der Waals surface area contributed by atoms with Gasteiger partial charge in [-0.2, -0.15) is 0 Å². The molecular formula is C18H16N2O4. The van der Waals surface area contributed by atoms with Crippen LogP contribution in [-0.4, -0.2) is 21.0 Å². The first-order valence-corrected chi connectivity index (χ1v) is 7.46. The van der Waals surface area contributed by atoms with Crippen molar-refractivity contribution in [1.82, 2.24) is 9.97 Å². The highest BCUT2D eigenvalue weighted by molar-refractivity contribution is 5.93. The SMILES string of the molecule is Cc1cccc(C(=O)O[C@H](C)c2nc3ccccc3c(=O)[nH]2)c1O. The average molecular weight is 324 g/mol. The third-order valence-electron chi connectivity index (χ3n) is 3.76. The highest BCUT2D eigenvalue weighted by Gasteiger charge is 2.19. The summed E-state index contributed by atoms with van der Waals surface area (Å²) in [6.45, 7) is 3.30. The molecule has 0 aliphatic rings. The number of hydrogen-bond donors (Lipinski definition) is 2. The smallest absolute Gasteiger partial charge is 0.342 e. The summed E-state index contributed by atoms with van der Waals surface area (Å²) < 4.78 is 5.33. The lowest BCUT2D eigenvalue weighted by atomic mass is 10.1. The number of hydrogen-bond acceptors (Lipinski definition) is 5. The van der Waals surface area contributed by atoms with Crippen molar-refractivity contribution >= 4 is 16.9 Å². The lowest BCUT2D eigenvalue weighted by Crippen LogP contribution is -2.17. The van der Waals surface area contributed by atoms with Gasteiger partial charge in [0.15, 0.2) is 11.9 Å². The zero-order chi connectivity index (χ0) is 17.3. The number of rotatable bonds is 3. The van der Waals surface area contributed by atoms with Gasteiger partial charge in [-0.05, 0) is 37.6 Å². The molecule has 1 heterocycles. The van der Waals surface area contributed by atoms with Gasteiger partial charge in [0.2, 0.25) is 0 Å². The predicted molar refractivity (Wildman–Crippen MR) is 89.0 cm³/mol. The summed E-state index contributed by atoms with van der Waals surface area (Å²) in [7, 11) is 0. The number of benzene rings is 2. The Kier molecular flexibility index (Phi) is 4.04. The molecule has 6 nitrogen and oxygen atoms in total. The van der Waals surface area contributed by atoms with Crippen molar-refractivity contribution in [2.75, 3.05) is 0 Å². The standard InChI is InChI=1S/C18H16N2O4/c1-10-6-5-8-13(15(10)21)18(23)24-11(2)16-19-14-9-4-3-7-12(14)17(22)20-16/h3-9,11,21H,1-2H3,(H,19,20,22)/t11-/m1/s1. The number of aromatic hydroxyl groups is 1. The first-order valence-electron chi connectivity index (χ1n) is 7.46. The second-order valence-electron chi connectivity index (χ2n) is 5.49. The Bertz CT molecular complexity index is 978. The average Bonchev–Trinajstić information content (AvgIpc) is 2.57. The molecule has 0 unspecified atom stereocenters. The maximum Gasteiger partial charge on any atom is 0.342 e. The van der Waals surface area contributed by atoms with Crippen molar-refractivity contribution in [1.29, 1.82) is 0 Å².